The van der Waals surface area contributed by atoms with E-state index in [1.807, 2.05) is 0 Å². The summed E-state index contributed by atoms with van der Waals surface area (Å²) in [6, 6.07) is -0.953. The monoisotopic (exact) mass is 217 g/mol. The van der Waals surface area contributed by atoms with Crippen molar-refractivity contribution in [3.8, 4) is 0 Å². The topological polar surface area (TPSA) is 86.6 Å². The van der Waals surface area contributed by atoms with E-state index >= 15 is 0 Å². The molecule has 0 rings (SSSR count). The van der Waals surface area contributed by atoms with Crippen LogP contribution in [-0.2, 0) is 9.59 Å². The molecule has 0 spiro atoms. The zero-order chi connectivity index (χ0) is 12.2. The maximum absolute atomic E-state index is 11.4. The van der Waals surface area contributed by atoms with Crippen LogP contribution in [0.4, 0.5) is 0 Å². The summed E-state index contributed by atoms with van der Waals surface area (Å²) in [7, 11) is 0. The van der Waals surface area contributed by atoms with E-state index in [-0.39, 0.29) is 11.8 Å². The first kappa shape index (κ1) is 13.9. The van der Waals surface area contributed by atoms with Crippen LogP contribution in [0.5, 0.6) is 0 Å². The van der Waals surface area contributed by atoms with Gasteiger partial charge in [-0.25, -0.2) is 4.79 Å². The Kier molecular flexibility index (Phi) is 5.28. The van der Waals surface area contributed by atoms with E-state index in [4.69, 9.17) is 5.11 Å². The first-order valence-corrected chi connectivity index (χ1v) is 4.98. The number of carboxylic acids is 1. The lowest BCUT2D eigenvalue weighted by molar-refractivity contribution is -0.145. The minimum absolute atomic E-state index is 0.217. The Balaban J connectivity index is 4.43. The number of amides is 1. The summed E-state index contributed by atoms with van der Waals surface area (Å²) in [5.41, 5.74) is 0. The van der Waals surface area contributed by atoms with Crippen LogP contribution >= 0.6 is 0 Å². The maximum atomic E-state index is 11.4. The summed E-state index contributed by atoms with van der Waals surface area (Å²) in [6.45, 7) is 6.77. The molecule has 0 aliphatic rings. The molecular weight excluding hydrogens is 198 g/mol. The predicted octanol–water partition coefficient (Wildman–Crippen LogP) is 0.229. The Labute approximate surface area is 89.5 Å². The van der Waals surface area contributed by atoms with Crippen LogP contribution in [0.25, 0.3) is 0 Å². The van der Waals surface area contributed by atoms with Crippen molar-refractivity contribution in [1.82, 2.24) is 5.32 Å². The van der Waals surface area contributed by atoms with Crippen molar-refractivity contribution in [3.63, 3.8) is 0 Å². The molecule has 0 saturated heterocycles. The highest BCUT2D eigenvalue weighted by molar-refractivity contribution is 5.86. The van der Waals surface area contributed by atoms with E-state index in [0.29, 0.717) is 0 Å². The summed E-state index contributed by atoms with van der Waals surface area (Å²) >= 11 is 0. The molecule has 5 heteroatoms. The van der Waals surface area contributed by atoms with Gasteiger partial charge in [0.15, 0.2) is 0 Å². The van der Waals surface area contributed by atoms with Crippen LogP contribution in [-0.4, -0.2) is 34.2 Å². The molecule has 0 aromatic rings. The third-order valence-electron chi connectivity index (χ3n) is 2.13. The fraction of sp³-hybridized carbons (Fsp3) is 0.800. The van der Waals surface area contributed by atoms with E-state index in [0.717, 1.165) is 0 Å². The van der Waals surface area contributed by atoms with Crippen LogP contribution in [0.15, 0.2) is 0 Å². The number of hydrogen-bond donors (Lipinski definition) is 3. The zero-order valence-corrected chi connectivity index (χ0v) is 9.52. The molecule has 0 aromatic heterocycles. The molecule has 0 heterocycles. The van der Waals surface area contributed by atoms with E-state index in [2.05, 4.69) is 5.32 Å². The lowest BCUT2D eigenvalue weighted by Gasteiger charge is -2.21. The highest BCUT2D eigenvalue weighted by atomic mass is 16.4. The van der Waals surface area contributed by atoms with Crippen molar-refractivity contribution >= 4 is 11.9 Å². The van der Waals surface area contributed by atoms with Crippen LogP contribution in [0.2, 0.25) is 0 Å². The first-order valence-electron chi connectivity index (χ1n) is 4.98. The van der Waals surface area contributed by atoms with Gasteiger partial charge in [-0.3, -0.25) is 4.79 Å². The van der Waals surface area contributed by atoms with Gasteiger partial charge in [-0.2, -0.15) is 0 Å². The summed E-state index contributed by atoms with van der Waals surface area (Å²) in [5, 5.41) is 20.5. The van der Waals surface area contributed by atoms with Gasteiger partial charge in [0.1, 0.15) is 12.1 Å². The highest BCUT2D eigenvalue weighted by Gasteiger charge is 2.27. The van der Waals surface area contributed by atoms with Gasteiger partial charge < -0.3 is 15.5 Å². The molecule has 0 aromatic carbocycles. The van der Waals surface area contributed by atoms with Gasteiger partial charge in [0.25, 0.3) is 0 Å². The van der Waals surface area contributed by atoms with Gasteiger partial charge in [-0.05, 0) is 11.8 Å². The standard InChI is InChI=1S/C10H19NO4/c1-5(2)7(10(14)15)11-9(13)8(12)6(3)4/h5-8,12H,1-4H3,(H,11,13)(H,14,15)/t7-,8-/m0/s1. The third-order valence-corrected chi connectivity index (χ3v) is 2.13. The zero-order valence-electron chi connectivity index (χ0n) is 9.52. The normalized spacial score (nSPS) is 15.1. The van der Waals surface area contributed by atoms with Crippen LogP contribution in [0.3, 0.4) is 0 Å². The molecule has 5 nitrogen and oxygen atoms in total. The number of aliphatic hydroxyl groups excluding tert-OH is 1. The average molecular weight is 217 g/mol. The van der Waals surface area contributed by atoms with Gasteiger partial charge in [-0.15, -0.1) is 0 Å². The number of carboxylic acid groups (broad SMARTS) is 1. The molecule has 0 aliphatic carbocycles. The van der Waals surface area contributed by atoms with E-state index in [1.54, 1.807) is 27.7 Å². The van der Waals surface area contributed by atoms with Crippen LogP contribution in [0.1, 0.15) is 27.7 Å². The number of carbonyl (C=O) groups is 2. The van der Waals surface area contributed by atoms with E-state index in [9.17, 15) is 14.7 Å². The quantitative estimate of drug-likeness (QED) is 0.615. The highest BCUT2D eigenvalue weighted by Crippen LogP contribution is 2.05. The predicted molar refractivity (Wildman–Crippen MR) is 55.2 cm³/mol. The Morgan fingerprint density at radius 2 is 1.53 bits per heavy atom. The fourth-order valence-corrected chi connectivity index (χ4v) is 1.05. The summed E-state index contributed by atoms with van der Waals surface area (Å²) in [5.74, 6) is -2.17. The van der Waals surface area contributed by atoms with Crippen molar-refractivity contribution < 1.29 is 19.8 Å². The molecule has 15 heavy (non-hydrogen) atoms. The Morgan fingerprint density at radius 1 is 1.07 bits per heavy atom. The molecule has 0 unspecified atom stereocenters. The molecular formula is C10H19NO4. The number of aliphatic carboxylic acids is 1. The average Bonchev–Trinajstić information content (AvgIpc) is 2.11. The summed E-state index contributed by atoms with van der Waals surface area (Å²) in [6.07, 6.45) is -1.16. The van der Waals surface area contributed by atoms with Crippen molar-refractivity contribution in [1.29, 1.82) is 0 Å². The van der Waals surface area contributed by atoms with E-state index < -0.39 is 24.0 Å². The molecule has 2 atom stereocenters. The molecule has 0 fully saturated rings. The second-order valence-corrected chi connectivity index (χ2v) is 4.26. The Bertz CT molecular complexity index is 238. The minimum atomic E-state index is -1.16. The summed E-state index contributed by atoms with van der Waals surface area (Å²) < 4.78 is 0. The number of rotatable bonds is 5. The number of hydrogen-bond acceptors (Lipinski definition) is 3. The second kappa shape index (κ2) is 5.70. The van der Waals surface area contributed by atoms with Gasteiger partial charge in [0, 0.05) is 0 Å². The molecule has 0 aliphatic heterocycles. The van der Waals surface area contributed by atoms with Crippen molar-refractivity contribution in [2.75, 3.05) is 0 Å². The third kappa shape index (κ3) is 4.29. The molecule has 0 radical (unpaired) electrons. The lowest BCUT2D eigenvalue weighted by atomic mass is 10.0. The van der Waals surface area contributed by atoms with Gasteiger partial charge in [0.2, 0.25) is 5.91 Å². The number of aliphatic hydroxyl groups is 1. The van der Waals surface area contributed by atoms with Crippen LogP contribution in [0, 0.1) is 11.8 Å². The summed E-state index contributed by atoms with van der Waals surface area (Å²) in [4.78, 5) is 22.2. The molecule has 3 N–H and O–H groups in total. The van der Waals surface area contributed by atoms with Crippen LogP contribution < -0.4 is 5.32 Å². The SMILES string of the molecule is CC(C)[C@H](O)C(=O)N[C@H](C(=O)O)C(C)C. The maximum Gasteiger partial charge on any atom is 0.326 e. The number of nitrogens with one attached hydrogen (secondary N) is 1. The Hall–Kier alpha value is -1.10. The van der Waals surface area contributed by atoms with Gasteiger partial charge in [0.05, 0.1) is 0 Å². The molecule has 0 bridgehead atoms. The van der Waals surface area contributed by atoms with Gasteiger partial charge >= 0.3 is 5.97 Å². The fourth-order valence-electron chi connectivity index (χ4n) is 1.05. The Morgan fingerprint density at radius 3 is 1.80 bits per heavy atom. The first-order chi connectivity index (χ1) is 6.77. The van der Waals surface area contributed by atoms with Crippen molar-refractivity contribution in [2.24, 2.45) is 11.8 Å². The van der Waals surface area contributed by atoms with Crippen molar-refractivity contribution in [2.45, 2.75) is 39.8 Å². The molecule has 1 amide bonds. The van der Waals surface area contributed by atoms with E-state index in [1.165, 1.54) is 0 Å². The number of carbonyl (C=O) groups excluding carboxylic acids is 1. The van der Waals surface area contributed by atoms with Gasteiger partial charge in [-0.1, -0.05) is 27.7 Å². The lowest BCUT2D eigenvalue weighted by Crippen LogP contribution is -2.49. The smallest absolute Gasteiger partial charge is 0.326 e. The minimum Gasteiger partial charge on any atom is -0.480 e. The second-order valence-electron chi connectivity index (χ2n) is 4.26. The van der Waals surface area contributed by atoms with Crippen molar-refractivity contribution in [3.05, 3.63) is 0 Å². The molecule has 0 saturated carbocycles. The largest absolute Gasteiger partial charge is 0.480 e. The molecule has 88 valence electrons.